The molecule has 1 fully saturated rings. The normalized spacial score (nSPS) is 30.3. The van der Waals surface area contributed by atoms with Gasteiger partial charge in [0.2, 0.25) is 0 Å². The molecule has 3 N–H and O–H groups in total. The van der Waals surface area contributed by atoms with E-state index in [9.17, 15) is 4.79 Å². The average molecular weight is 200 g/mol. The van der Waals surface area contributed by atoms with Gasteiger partial charge in [0, 0.05) is 24.7 Å². The van der Waals surface area contributed by atoms with Crippen LogP contribution in [0.2, 0.25) is 0 Å². The van der Waals surface area contributed by atoms with E-state index in [4.69, 9.17) is 10.8 Å². The maximum Gasteiger partial charge on any atom is 0.309 e. The first-order valence-electron chi connectivity index (χ1n) is 5.06. The van der Waals surface area contributed by atoms with Crippen molar-refractivity contribution in [1.29, 1.82) is 0 Å². The van der Waals surface area contributed by atoms with E-state index in [1.807, 2.05) is 0 Å². The number of hydrogen-bond donors (Lipinski definition) is 2. The first-order valence-corrected chi connectivity index (χ1v) is 5.06. The van der Waals surface area contributed by atoms with Crippen LogP contribution in [-0.4, -0.2) is 40.6 Å². The largest absolute Gasteiger partial charge is 0.481 e. The van der Waals surface area contributed by atoms with Crippen molar-refractivity contribution in [3.63, 3.8) is 0 Å². The third kappa shape index (κ3) is 2.45. The molecule has 0 radical (unpaired) electrons. The minimum Gasteiger partial charge on any atom is -0.481 e. The number of nitrogens with zero attached hydrogens (tertiary/aromatic N) is 1. The quantitative estimate of drug-likeness (QED) is 0.647. The summed E-state index contributed by atoms with van der Waals surface area (Å²) in [7, 11) is 0. The molecule has 1 aliphatic rings. The highest BCUT2D eigenvalue weighted by molar-refractivity contribution is 5.71. The van der Waals surface area contributed by atoms with E-state index in [0.29, 0.717) is 6.54 Å². The zero-order valence-electron chi connectivity index (χ0n) is 9.16. The van der Waals surface area contributed by atoms with Gasteiger partial charge in [-0.1, -0.05) is 0 Å². The predicted molar refractivity (Wildman–Crippen MR) is 55.0 cm³/mol. The highest BCUT2D eigenvalue weighted by Crippen LogP contribution is 2.23. The van der Waals surface area contributed by atoms with Gasteiger partial charge >= 0.3 is 5.97 Å². The molecule has 0 saturated carbocycles. The second-order valence-corrected chi connectivity index (χ2v) is 5.01. The molecule has 1 aliphatic heterocycles. The number of rotatable bonds is 1. The summed E-state index contributed by atoms with van der Waals surface area (Å²) in [5, 5.41) is 8.99. The monoisotopic (exact) mass is 200 g/mol. The molecule has 0 aliphatic carbocycles. The van der Waals surface area contributed by atoms with Gasteiger partial charge in [0.15, 0.2) is 0 Å². The highest BCUT2D eigenvalue weighted by atomic mass is 16.4. The Labute approximate surface area is 85.1 Å². The van der Waals surface area contributed by atoms with Crippen LogP contribution in [0, 0.1) is 5.92 Å². The van der Waals surface area contributed by atoms with E-state index in [1.54, 1.807) is 0 Å². The fourth-order valence-corrected chi connectivity index (χ4v) is 1.84. The lowest BCUT2D eigenvalue weighted by Gasteiger charge is -2.42. The molecule has 4 nitrogen and oxygen atoms in total. The molecular formula is C10H20N2O2. The van der Waals surface area contributed by atoms with Crippen LogP contribution >= 0.6 is 0 Å². The first kappa shape index (κ1) is 11.5. The van der Waals surface area contributed by atoms with Crippen LogP contribution in [0.3, 0.4) is 0 Å². The topological polar surface area (TPSA) is 66.6 Å². The third-order valence-electron chi connectivity index (χ3n) is 2.93. The van der Waals surface area contributed by atoms with Gasteiger partial charge in [-0.15, -0.1) is 0 Å². The minimum absolute atomic E-state index is 0.0356. The van der Waals surface area contributed by atoms with Gasteiger partial charge < -0.3 is 10.8 Å². The summed E-state index contributed by atoms with van der Waals surface area (Å²) in [6, 6.07) is -0.189. The summed E-state index contributed by atoms with van der Waals surface area (Å²) < 4.78 is 0. The summed E-state index contributed by atoms with van der Waals surface area (Å²) in [5.41, 5.74) is 5.81. The average Bonchev–Trinajstić information content (AvgIpc) is 2.02. The standard InChI is InChI=1S/C10H20N2O2/c1-10(2,3)12-5-4-8(11)7(6-12)9(13)14/h7-8H,4-6,11H2,1-3H3,(H,13,14). The minimum atomic E-state index is -0.772. The van der Waals surface area contributed by atoms with E-state index in [2.05, 4.69) is 25.7 Å². The van der Waals surface area contributed by atoms with Gasteiger partial charge in [0.25, 0.3) is 0 Å². The Morgan fingerprint density at radius 3 is 2.50 bits per heavy atom. The number of carboxylic acids is 1. The third-order valence-corrected chi connectivity index (χ3v) is 2.93. The number of carboxylic acid groups (broad SMARTS) is 1. The highest BCUT2D eigenvalue weighted by Gasteiger charge is 2.35. The maximum atomic E-state index is 10.9. The molecule has 1 heterocycles. The SMILES string of the molecule is CC(C)(C)N1CCC(N)C(C(=O)O)C1. The molecule has 4 heteroatoms. The van der Waals surface area contributed by atoms with E-state index in [1.165, 1.54) is 0 Å². The Bertz CT molecular complexity index is 223. The van der Waals surface area contributed by atoms with Crippen molar-refractivity contribution in [2.24, 2.45) is 11.7 Å². The molecule has 0 bridgehead atoms. The molecule has 2 unspecified atom stereocenters. The van der Waals surface area contributed by atoms with Crippen molar-refractivity contribution in [1.82, 2.24) is 4.90 Å². The van der Waals surface area contributed by atoms with E-state index >= 15 is 0 Å². The number of carbonyl (C=O) groups is 1. The molecule has 2 atom stereocenters. The molecule has 0 amide bonds. The molecule has 0 aromatic carbocycles. The van der Waals surface area contributed by atoms with Crippen molar-refractivity contribution in [2.45, 2.75) is 38.8 Å². The Morgan fingerprint density at radius 2 is 2.07 bits per heavy atom. The van der Waals surface area contributed by atoms with E-state index < -0.39 is 11.9 Å². The molecule has 1 saturated heterocycles. The molecule has 82 valence electrons. The van der Waals surface area contributed by atoms with Gasteiger partial charge in [-0.3, -0.25) is 9.69 Å². The van der Waals surface area contributed by atoms with Gasteiger partial charge in [0.1, 0.15) is 0 Å². The summed E-state index contributed by atoms with van der Waals surface area (Å²) in [4.78, 5) is 13.1. The van der Waals surface area contributed by atoms with Crippen LogP contribution in [0.15, 0.2) is 0 Å². The fourth-order valence-electron chi connectivity index (χ4n) is 1.84. The summed E-state index contributed by atoms with van der Waals surface area (Å²) in [6.45, 7) is 7.77. The van der Waals surface area contributed by atoms with Crippen molar-refractivity contribution >= 4 is 5.97 Å². The van der Waals surface area contributed by atoms with Crippen LogP contribution in [0.25, 0.3) is 0 Å². The van der Waals surface area contributed by atoms with Crippen LogP contribution < -0.4 is 5.73 Å². The van der Waals surface area contributed by atoms with Crippen LogP contribution in [0.4, 0.5) is 0 Å². The van der Waals surface area contributed by atoms with Crippen LogP contribution in [0.1, 0.15) is 27.2 Å². The van der Waals surface area contributed by atoms with E-state index in [0.717, 1.165) is 13.0 Å². The van der Waals surface area contributed by atoms with Gasteiger partial charge in [-0.05, 0) is 27.2 Å². The molecule has 0 spiro atoms. The number of likely N-dealkylation sites (tertiary alicyclic amines) is 1. The predicted octanol–water partition coefficient (Wildman–Crippen LogP) is 0.519. The van der Waals surface area contributed by atoms with Gasteiger partial charge in [-0.25, -0.2) is 0 Å². The number of hydrogen-bond acceptors (Lipinski definition) is 3. The second kappa shape index (κ2) is 3.87. The molecule has 1 rings (SSSR count). The lowest BCUT2D eigenvalue weighted by Crippen LogP contribution is -2.55. The summed E-state index contributed by atoms with van der Waals surface area (Å²) in [6.07, 6.45) is 0.772. The molecule has 14 heavy (non-hydrogen) atoms. The van der Waals surface area contributed by atoms with Crippen molar-refractivity contribution in [3.8, 4) is 0 Å². The van der Waals surface area contributed by atoms with Gasteiger partial charge in [0.05, 0.1) is 5.92 Å². The number of piperidine rings is 1. The summed E-state index contributed by atoms with van der Waals surface area (Å²) >= 11 is 0. The Kier molecular flexibility index (Phi) is 3.17. The van der Waals surface area contributed by atoms with Crippen molar-refractivity contribution in [2.75, 3.05) is 13.1 Å². The Morgan fingerprint density at radius 1 is 1.50 bits per heavy atom. The maximum absolute atomic E-state index is 10.9. The van der Waals surface area contributed by atoms with Crippen LogP contribution in [0.5, 0.6) is 0 Å². The summed E-state index contributed by atoms with van der Waals surface area (Å²) in [5.74, 6) is -1.19. The van der Waals surface area contributed by atoms with Crippen molar-refractivity contribution < 1.29 is 9.90 Å². The number of nitrogens with two attached hydrogens (primary N) is 1. The first-order chi connectivity index (χ1) is 6.32. The zero-order chi connectivity index (χ0) is 10.9. The molecular weight excluding hydrogens is 180 g/mol. The number of aliphatic carboxylic acids is 1. The zero-order valence-corrected chi connectivity index (χ0v) is 9.16. The molecule has 0 aromatic heterocycles. The fraction of sp³-hybridized carbons (Fsp3) is 0.900. The lowest BCUT2D eigenvalue weighted by molar-refractivity contribution is -0.145. The Balaban J connectivity index is 2.67. The van der Waals surface area contributed by atoms with Crippen LogP contribution in [-0.2, 0) is 4.79 Å². The lowest BCUT2D eigenvalue weighted by atomic mass is 9.90. The Hall–Kier alpha value is -0.610. The smallest absolute Gasteiger partial charge is 0.309 e. The van der Waals surface area contributed by atoms with E-state index in [-0.39, 0.29) is 11.6 Å². The molecule has 0 aromatic rings. The second-order valence-electron chi connectivity index (χ2n) is 5.01. The van der Waals surface area contributed by atoms with Gasteiger partial charge in [-0.2, -0.15) is 0 Å². The van der Waals surface area contributed by atoms with Crippen molar-refractivity contribution in [3.05, 3.63) is 0 Å².